The highest BCUT2D eigenvalue weighted by Gasteiger charge is 2.26. The van der Waals surface area contributed by atoms with Crippen LogP contribution in [0.3, 0.4) is 0 Å². The van der Waals surface area contributed by atoms with Gasteiger partial charge in [0, 0.05) is 44.5 Å². The maximum absolute atomic E-state index is 12.7. The zero-order valence-electron chi connectivity index (χ0n) is 15.4. The first-order chi connectivity index (χ1) is 12.8. The van der Waals surface area contributed by atoms with Crippen molar-refractivity contribution in [3.8, 4) is 0 Å². The first-order valence-electron chi connectivity index (χ1n) is 10.3. The van der Waals surface area contributed by atoms with Gasteiger partial charge >= 0.3 is 0 Å². The number of hydrogen-bond acceptors (Lipinski definition) is 4. The van der Waals surface area contributed by atoms with Crippen molar-refractivity contribution in [2.45, 2.75) is 51.1 Å². The largest absolute Gasteiger partial charge is 0.369 e. The third-order valence-corrected chi connectivity index (χ3v) is 6.48. The molecule has 2 saturated carbocycles. The van der Waals surface area contributed by atoms with Crippen LogP contribution >= 0.6 is 0 Å². The van der Waals surface area contributed by atoms with Gasteiger partial charge in [0.1, 0.15) is 0 Å². The SMILES string of the molecule is O=c1c2ccc(N3CCN(C4CCCC4)CC3)cc2ncn1CC1CC1. The second kappa shape index (κ2) is 6.69. The average molecular weight is 352 g/mol. The molecule has 0 bridgehead atoms. The zero-order valence-corrected chi connectivity index (χ0v) is 15.4. The van der Waals surface area contributed by atoms with Gasteiger partial charge in [-0.25, -0.2) is 4.98 Å². The Balaban J connectivity index is 1.32. The molecule has 1 aromatic heterocycles. The van der Waals surface area contributed by atoms with Gasteiger partial charge in [0.2, 0.25) is 0 Å². The molecular formula is C21H28N4O. The third-order valence-electron chi connectivity index (χ3n) is 6.48. The zero-order chi connectivity index (χ0) is 17.5. The van der Waals surface area contributed by atoms with Gasteiger partial charge in [-0.2, -0.15) is 0 Å². The van der Waals surface area contributed by atoms with Crippen molar-refractivity contribution in [2.75, 3.05) is 31.1 Å². The molecule has 26 heavy (non-hydrogen) atoms. The van der Waals surface area contributed by atoms with Crippen molar-refractivity contribution in [1.82, 2.24) is 14.5 Å². The van der Waals surface area contributed by atoms with Crippen LogP contribution in [0.1, 0.15) is 38.5 Å². The van der Waals surface area contributed by atoms with Gasteiger partial charge in [-0.05, 0) is 49.8 Å². The minimum absolute atomic E-state index is 0.111. The smallest absolute Gasteiger partial charge is 0.261 e. The van der Waals surface area contributed by atoms with Crippen LogP contribution in [0.4, 0.5) is 5.69 Å². The molecule has 0 atom stereocenters. The number of aromatic nitrogens is 2. The van der Waals surface area contributed by atoms with Crippen molar-refractivity contribution in [2.24, 2.45) is 5.92 Å². The molecule has 5 nitrogen and oxygen atoms in total. The molecule has 5 heteroatoms. The van der Waals surface area contributed by atoms with E-state index in [1.807, 2.05) is 6.07 Å². The Labute approximate surface area is 154 Å². The minimum Gasteiger partial charge on any atom is -0.369 e. The topological polar surface area (TPSA) is 41.4 Å². The van der Waals surface area contributed by atoms with Gasteiger partial charge in [0.25, 0.3) is 5.56 Å². The molecule has 1 aromatic carbocycles. The summed E-state index contributed by atoms with van der Waals surface area (Å²) in [5.41, 5.74) is 2.15. The summed E-state index contributed by atoms with van der Waals surface area (Å²) in [4.78, 5) is 22.4. The van der Waals surface area contributed by atoms with E-state index >= 15 is 0 Å². The van der Waals surface area contributed by atoms with Gasteiger partial charge < -0.3 is 4.90 Å². The van der Waals surface area contributed by atoms with Crippen LogP contribution in [-0.2, 0) is 6.54 Å². The standard InChI is InChI=1S/C21H28N4O/c26-21-19-8-7-18(13-20(19)22-15-25(21)14-16-5-6-16)24-11-9-23(10-12-24)17-3-1-2-4-17/h7-8,13,15-17H,1-6,9-12,14H2. The summed E-state index contributed by atoms with van der Waals surface area (Å²) in [5, 5.41) is 0.751. The van der Waals surface area contributed by atoms with Gasteiger partial charge in [0.05, 0.1) is 17.2 Å². The molecule has 2 heterocycles. The van der Waals surface area contributed by atoms with E-state index in [4.69, 9.17) is 0 Å². The molecule has 0 amide bonds. The van der Waals surface area contributed by atoms with Crippen LogP contribution in [0.15, 0.2) is 29.3 Å². The maximum Gasteiger partial charge on any atom is 0.261 e. The summed E-state index contributed by atoms with van der Waals surface area (Å²) in [5.74, 6) is 0.683. The summed E-state index contributed by atoms with van der Waals surface area (Å²) in [7, 11) is 0. The molecule has 0 unspecified atom stereocenters. The summed E-state index contributed by atoms with van der Waals surface area (Å²) in [6.07, 6.45) is 9.80. The van der Waals surface area contributed by atoms with E-state index in [1.54, 1.807) is 10.9 Å². The van der Waals surface area contributed by atoms with Gasteiger partial charge in [0.15, 0.2) is 0 Å². The van der Waals surface area contributed by atoms with Crippen molar-refractivity contribution in [3.05, 3.63) is 34.9 Å². The lowest BCUT2D eigenvalue weighted by Crippen LogP contribution is -2.49. The van der Waals surface area contributed by atoms with Gasteiger partial charge in [-0.15, -0.1) is 0 Å². The molecule has 5 rings (SSSR count). The fraction of sp³-hybridized carbons (Fsp3) is 0.619. The number of piperazine rings is 1. The number of nitrogens with zero attached hydrogens (tertiary/aromatic N) is 4. The van der Waals surface area contributed by atoms with E-state index < -0.39 is 0 Å². The van der Waals surface area contributed by atoms with Crippen LogP contribution in [0.5, 0.6) is 0 Å². The number of hydrogen-bond donors (Lipinski definition) is 0. The van der Waals surface area contributed by atoms with E-state index in [1.165, 1.54) is 44.2 Å². The van der Waals surface area contributed by atoms with Crippen molar-refractivity contribution in [1.29, 1.82) is 0 Å². The molecular weight excluding hydrogens is 324 g/mol. The lowest BCUT2D eigenvalue weighted by molar-refractivity contribution is 0.187. The van der Waals surface area contributed by atoms with E-state index in [9.17, 15) is 4.79 Å². The van der Waals surface area contributed by atoms with Gasteiger partial charge in [-0.3, -0.25) is 14.3 Å². The minimum atomic E-state index is 0.111. The number of fused-ring (bicyclic) bond motifs is 1. The lowest BCUT2D eigenvalue weighted by atomic mass is 10.1. The second-order valence-corrected chi connectivity index (χ2v) is 8.31. The summed E-state index contributed by atoms with van der Waals surface area (Å²) >= 11 is 0. The van der Waals surface area contributed by atoms with Crippen LogP contribution in [0.25, 0.3) is 10.9 Å². The van der Waals surface area contributed by atoms with Crippen molar-refractivity contribution < 1.29 is 0 Å². The van der Waals surface area contributed by atoms with E-state index in [0.717, 1.165) is 49.7 Å². The molecule has 2 aliphatic carbocycles. The highest BCUT2D eigenvalue weighted by atomic mass is 16.1. The second-order valence-electron chi connectivity index (χ2n) is 8.31. The average Bonchev–Trinajstić information content (AvgIpc) is 3.33. The van der Waals surface area contributed by atoms with Crippen LogP contribution in [-0.4, -0.2) is 46.7 Å². The predicted octanol–water partition coefficient (Wildman–Crippen LogP) is 2.87. The highest BCUT2D eigenvalue weighted by molar-refractivity contribution is 5.81. The van der Waals surface area contributed by atoms with Gasteiger partial charge in [-0.1, -0.05) is 12.8 Å². The summed E-state index contributed by atoms with van der Waals surface area (Å²) in [6.45, 7) is 5.27. The number of anilines is 1. The number of benzene rings is 1. The Morgan fingerprint density at radius 1 is 1.00 bits per heavy atom. The van der Waals surface area contributed by atoms with Crippen LogP contribution in [0, 0.1) is 5.92 Å². The third kappa shape index (κ3) is 3.13. The first-order valence-corrected chi connectivity index (χ1v) is 10.3. The lowest BCUT2D eigenvalue weighted by Gasteiger charge is -2.39. The molecule has 1 saturated heterocycles. The van der Waals surface area contributed by atoms with Crippen molar-refractivity contribution >= 4 is 16.6 Å². The number of rotatable bonds is 4. The highest BCUT2D eigenvalue weighted by Crippen LogP contribution is 2.30. The Morgan fingerprint density at radius 3 is 2.50 bits per heavy atom. The van der Waals surface area contributed by atoms with E-state index in [2.05, 4.69) is 26.9 Å². The Hall–Kier alpha value is -1.88. The Morgan fingerprint density at radius 2 is 1.77 bits per heavy atom. The molecule has 138 valence electrons. The first kappa shape index (κ1) is 16.3. The van der Waals surface area contributed by atoms with Crippen molar-refractivity contribution in [3.63, 3.8) is 0 Å². The quantitative estimate of drug-likeness (QED) is 0.848. The molecule has 0 spiro atoms. The normalized spacial score (nSPS) is 22.4. The molecule has 3 aliphatic rings. The Bertz CT molecular complexity index is 843. The van der Waals surface area contributed by atoms with Crippen LogP contribution < -0.4 is 10.5 Å². The predicted molar refractivity (Wildman–Crippen MR) is 105 cm³/mol. The summed E-state index contributed by atoms with van der Waals surface area (Å²) in [6, 6.07) is 7.01. The Kier molecular flexibility index (Phi) is 4.20. The fourth-order valence-electron chi connectivity index (χ4n) is 4.67. The maximum atomic E-state index is 12.7. The van der Waals surface area contributed by atoms with E-state index in [0.29, 0.717) is 5.92 Å². The molecule has 1 aliphatic heterocycles. The molecule has 2 aromatic rings. The fourth-order valence-corrected chi connectivity index (χ4v) is 4.67. The molecule has 0 N–H and O–H groups in total. The molecule has 0 radical (unpaired) electrons. The van der Waals surface area contributed by atoms with Crippen LogP contribution in [0.2, 0.25) is 0 Å². The molecule has 3 fully saturated rings. The van der Waals surface area contributed by atoms with E-state index in [-0.39, 0.29) is 5.56 Å². The summed E-state index contributed by atoms with van der Waals surface area (Å²) < 4.78 is 1.79. The monoisotopic (exact) mass is 352 g/mol.